The molecule has 0 radical (unpaired) electrons. The molecule has 8 heteroatoms. The van der Waals surface area contributed by atoms with Crippen LogP contribution >= 0.6 is 0 Å². The zero-order chi connectivity index (χ0) is 14.7. The molecule has 102 valence electrons. The highest BCUT2D eigenvalue weighted by Crippen LogP contribution is 2.30. The maximum absolute atomic E-state index is 12.8. The highest BCUT2D eigenvalue weighted by molar-refractivity contribution is 5.71. The number of amides is 1. The van der Waals surface area contributed by atoms with Gasteiger partial charge in [0.05, 0.1) is 4.92 Å². The topological polar surface area (TPSA) is 108 Å². The number of nitrogens with two attached hydrogens (primary N) is 1. The third-order valence-corrected chi connectivity index (χ3v) is 2.40. The van der Waals surface area contributed by atoms with Crippen molar-refractivity contribution in [2.45, 2.75) is 0 Å². The molecule has 7 nitrogen and oxygen atoms in total. The Balaban J connectivity index is 2.47. The zero-order valence-corrected chi connectivity index (χ0v) is 9.95. The fourth-order valence-corrected chi connectivity index (χ4v) is 1.55. The molecule has 0 aliphatic carbocycles. The Morgan fingerprint density at radius 2 is 1.95 bits per heavy atom. The Labute approximate surface area is 112 Å². The van der Waals surface area contributed by atoms with Crippen molar-refractivity contribution in [1.29, 1.82) is 0 Å². The van der Waals surface area contributed by atoms with Gasteiger partial charge in [0.1, 0.15) is 5.82 Å². The summed E-state index contributed by atoms with van der Waals surface area (Å²) < 4.78 is 17.3. The van der Waals surface area contributed by atoms with E-state index in [0.717, 1.165) is 0 Å². The van der Waals surface area contributed by atoms with Crippen molar-refractivity contribution in [2.75, 3.05) is 0 Å². The summed E-state index contributed by atoms with van der Waals surface area (Å²) in [6.07, 6.45) is 0.0635. The first-order valence-corrected chi connectivity index (χ1v) is 5.35. The van der Waals surface area contributed by atoms with E-state index in [1.807, 2.05) is 0 Å². The van der Waals surface area contributed by atoms with Gasteiger partial charge >= 0.3 is 17.7 Å². The van der Waals surface area contributed by atoms with Crippen LogP contribution in [0.15, 0.2) is 36.5 Å². The number of carbonyl (C=O) groups is 1. The summed E-state index contributed by atoms with van der Waals surface area (Å²) in [5.41, 5.74) is 5.20. The van der Waals surface area contributed by atoms with Crippen molar-refractivity contribution in [3.8, 4) is 17.0 Å². The Hall–Kier alpha value is -3.03. The van der Waals surface area contributed by atoms with Crippen LogP contribution in [0.25, 0.3) is 11.1 Å². The molecule has 0 atom stereocenters. The highest BCUT2D eigenvalue weighted by Gasteiger charge is 2.20. The van der Waals surface area contributed by atoms with Crippen molar-refractivity contribution >= 4 is 11.8 Å². The Bertz CT molecular complexity index is 673. The summed E-state index contributed by atoms with van der Waals surface area (Å²) in [5, 5.41) is 10.9. The van der Waals surface area contributed by atoms with Crippen molar-refractivity contribution in [1.82, 2.24) is 4.98 Å². The molecule has 1 amide bonds. The fraction of sp³-hybridized carbons (Fsp3) is 0. The van der Waals surface area contributed by atoms with Gasteiger partial charge in [0.15, 0.2) is 0 Å². The number of hydrogen-bond donors (Lipinski definition) is 1. The van der Waals surface area contributed by atoms with Gasteiger partial charge in [-0.1, -0.05) is 12.1 Å². The molecule has 1 heterocycles. The normalized spacial score (nSPS) is 10.1. The van der Waals surface area contributed by atoms with Crippen LogP contribution in [0.4, 0.5) is 14.9 Å². The molecule has 0 unspecified atom stereocenters. The molecule has 0 saturated heterocycles. The van der Waals surface area contributed by atoms with E-state index < -0.39 is 28.4 Å². The SMILES string of the molecule is NC(=O)Oc1ncc(-c2ccc(F)cc2)cc1[N+](=O)[O-]. The number of carbonyl (C=O) groups excluding carboxylic acids is 1. The molecule has 2 aromatic rings. The first-order chi connectivity index (χ1) is 9.47. The van der Waals surface area contributed by atoms with Gasteiger partial charge in [-0.3, -0.25) is 10.1 Å². The number of aromatic nitrogens is 1. The average Bonchev–Trinajstić information content (AvgIpc) is 2.39. The Morgan fingerprint density at radius 3 is 2.50 bits per heavy atom. The molecular weight excluding hydrogens is 269 g/mol. The summed E-state index contributed by atoms with van der Waals surface area (Å²) in [6, 6.07) is 6.50. The van der Waals surface area contributed by atoms with Crippen LogP contribution in [-0.4, -0.2) is 16.0 Å². The van der Waals surface area contributed by atoms with E-state index in [1.165, 1.54) is 36.5 Å². The Kier molecular flexibility index (Phi) is 3.56. The first-order valence-electron chi connectivity index (χ1n) is 5.35. The minimum Gasteiger partial charge on any atom is -0.384 e. The maximum Gasteiger partial charge on any atom is 0.411 e. The minimum absolute atomic E-state index is 0.383. The van der Waals surface area contributed by atoms with E-state index >= 15 is 0 Å². The highest BCUT2D eigenvalue weighted by atomic mass is 19.1. The third-order valence-electron chi connectivity index (χ3n) is 2.40. The molecule has 0 aliphatic heterocycles. The number of nitro groups is 1. The summed E-state index contributed by atoms with van der Waals surface area (Å²) >= 11 is 0. The molecule has 1 aromatic carbocycles. The van der Waals surface area contributed by atoms with Crippen LogP contribution < -0.4 is 10.5 Å². The monoisotopic (exact) mass is 277 g/mol. The molecule has 0 saturated carbocycles. The van der Waals surface area contributed by atoms with E-state index in [0.29, 0.717) is 11.1 Å². The maximum atomic E-state index is 12.8. The molecule has 0 fully saturated rings. The molecule has 0 bridgehead atoms. The molecule has 20 heavy (non-hydrogen) atoms. The number of nitrogens with zero attached hydrogens (tertiary/aromatic N) is 2. The summed E-state index contributed by atoms with van der Waals surface area (Å²) in [4.78, 5) is 24.5. The van der Waals surface area contributed by atoms with Crippen LogP contribution in [0, 0.1) is 15.9 Å². The van der Waals surface area contributed by atoms with Crippen molar-refractivity contribution in [2.24, 2.45) is 5.73 Å². The lowest BCUT2D eigenvalue weighted by Gasteiger charge is -2.04. The van der Waals surface area contributed by atoms with Gasteiger partial charge in [-0.15, -0.1) is 0 Å². The number of rotatable bonds is 3. The molecule has 0 aliphatic rings. The fourth-order valence-electron chi connectivity index (χ4n) is 1.55. The lowest BCUT2D eigenvalue weighted by Crippen LogP contribution is -2.17. The van der Waals surface area contributed by atoms with Gasteiger partial charge in [-0.25, -0.2) is 14.2 Å². The Morgan fingerprint density at radius 1 is 1.30 bits per heavy atom. The van der Waals surface area contributed by atoms with Crippen molar-refractivity contribution in [3.63, 3.8) is 0 Å². The number of pyridine rings is 1. The van der Waals surface area contributed by atoms with E-state index in [2.05, 4.69) is 9.72 Å². The number of benzene rings is 1. The van der Waals surface area contributed by atoms with Crippen LogP contribution in [-0.2, 0) is 0 Å². The van der Waals surface area contributed by atoms with Crippen molar-refractivity contribution in [3.05, 3.63) is 52.5 Å². The van der Waals surface area contributed by atoms with Gasteiger partial charge in [0.25, 0.3) is 0 Å². The summed E-state index contributed by atoms with van der Waals surface area (Å²) in [6.45, 7) is 0. The minimum atomic E-state index is -1.20. The molecule has 1 aromatic heterocycles. The second-order valence-corrected chi connectivity index (χ2v) is 3.73. The number of halogens is 1. The van der Waals surface area contributed by atoms with Gasteiger partial charge in [0.2, 0.25) is 0 Å². The second-order valence-electron chi connectivity index (χ2n) is 3.73. The smallest absolute Gasteiger partial charge is 0.384 e. The van der Waals surface area contributed by atoms with E-state index in [1.54, 1.807) is 0 Å². The van der Waals surface area contributed by atoms with Gasteiger partial charge < -0.3 is 10.5 Å². The first kappa shape index (κ1) is 13.4. The average molecular weight is 277 g/mol. The quantitative estimate of drug-likeness (QED) is 0.683. The zero-order valence-electron chi connectivity index (χ0n) is 9.95. The second kappa shape index (κ2) is 5.31. The predicted octanol–water partition coefficient (Wildman–Crippen LogP) is 2.25. The van der Waals surface area contributed by atoms with E-state index in [-0.39, 0.29) is 0 Å². The lowest BCUT2D eigenvalue weighted by molar-refractivity contribution is -0.385. The predicted molar refractivity (Wildman–Crippen MR) is 66.5 cm³/mol. The summed E-state index contributed by atoms with van der Waals surface area (Å²) in [5.74, 6) is -0.918. The van der Waals surface area contributed by atoms with Gasteiger partial charge in [-0.2, -0.15) is 0 Å². The van der Waals surface area contributed by atoms with Crippen LogP contribution in [0.5, 0.6) is 5.88 Å². The van der Waals surface area contributed by atoms with Crippen molar-refractivity contribution < 1.29 is 18.8 Å². The molecule has 2 N–H and O–H groups in total. The van der Waals surface area contributed by atoms with Gasteiger partial charge in [-0.05, 0) is 17.7 Å². The number of hydrogen-bond acceptors (Lipinski definition) is 5. The standard InChI is InChI=1S/C12H8FN3O4/c13-9-3-1-7(2-4-9)8-5-10(16(18)19)11(15-6-8)20-12(14)17/h1-6H,(H2,14,17). The molecule has 2 rings (SSSR count). The van der Waals surface area contributed by atoms with Crippen LogP contribution in [0.2, 0.25) is 0 Å². The van der Waals surface area contributed by atoms with Gasteiger partial charge in [0, 0.05) is 17.8 Å². The number of primary amides is 1. The molecule has 0 spiro atoms. The number of ether oxygens (including phenoxy) is 1. The lowest BCUT2D eigenvalue weighted by atomic mass is 10.1. The van der Waals surface area contributed by atoms with E-state index in [9.17, 15) is 19.3 Å². The third kappa shape index (κ3) is 2.86. The molecular formula is C12H8FN3O4. The summed E-state index contributed by atoms with van der Waals surface area (Å²) in [7, 11) is 0. The van der Waals surface area contributed by atoms with Crippen LogP contribution in [0.3, 0.4) is 0 Å². The van der Waals surface area contributed by atoms with Crippen LogP contribution in [0.1, 0.15) is 0 Å². The largest absolute Gasteiger partial charge is 0.411 e. The van der Waals surface area contributed by atoms with E-state index in [4.69, 9.17) is 5.73 Å².